The molecule has 1 atom stereocenters. The zero-order valence-corrected chi connectivity index (χ0v) is 19.1. The summed E-state index contributed by atoms with van der Waals surface area (Å²) in [6.07, 6.45) is 8.20. The van der Waals surface area contributed by atoms with E-state index in [2.05, 4.69) is 44.8 Å². The molecule has 0 bridgehead atoms. The Morgan fingerprint density at radius 2 is 2.06 bits per heavy atom. The van der Waals surface area contributed by atoms with Crippen molar-refractivity contribution >= 4 is 5.69 Å². The largest absolute Gasteiger partial charge is 0.457 e. The molecule has 0 aliphatic rings. The lowest BCUT2D eigenvalue weighted by atomic mass is 10.0. The summed E-state index contributed by atoms with van der Waals surface area (Å²) in [5, 5.41) is 13.8. The maximum Gasteiger partial charge on any atom is 0.316 e. The number of hydrogen-bond acceptors (Lipinski definition) is 7. The fraction of sp³-hybridized carbons (Fsp3) is 0.478. The Balaban J connectivity index is 1.48. The van der Waals surface area contributed by atoms with E-state index in [1.165, 1.54) is 42.1 Å². The molecule has 8 nitrogen and oxygen atoms in total. The summed E-state index contributed by atoms with van der Waals surface area (Å²) in [4.78, 5) is 8.57. The summed E-state index contributed by atoms with van der Waals surface area (Å²) in [5.41, 5.74) is 1.99. The summed E-state index contributed by atoms with van der Waals surface area (Å²) < 4.78 is 33.3. The normalized spacial score (nSPS) is 12.0. The first-order valence-corrected chi connectivity index (χ1v) is 11.3. The molecule has 0 saturated heterocycles. The van der Waals surface area contributed by atoms with Crippen LogP contribution in [0.3, 0.4) is 0 Å². The molecular formula is C23H31F2N7O. The Kier molecular flexibility index (Phi) is 9.49. The number of benzene rings is 1. The van der Waals surface area contributed by atoms with Crippen molar-refractivity contribution in [1.82, 2.24) is 30.3 Å². The Hall–Kier alpha value is -3.14. The van der Waals surface area contributed by atoms with E-state index in [4.69, 9.17) is 4.74 Å². The Labute approximate surface area is 192 Å². The molecule has 0 aliphatic carbocycles. The molecule has 0 fully saturated rings. The average Bonchev–Trinajstić information content (AvgIpc) is 3.29. The molecule has 0 spiro atoms. The van der Waals surface area contributed by atoms with Crippen molar-refractivity contribution in [3.63, 3.8) is 0 Å². The number of hydrogen-bond donors (Lipinski definition) is 2. The van der Waals surface area contributed by atoms with Gasteiger partial charge in [-0.15, -0.1) is 5.10 Å². The third-order valence-electron chi connectivity index (χ3n) is 5.19. The molecule has 178 valence electrons. The van der Waals surface area contributed by atoms with Gasteiger partial charge in [-0.2, -0.15) is 4.98 Å². The van der Waals surface area contributed by atoms with Crippen LogP contribution in [0.15, 0.2) is 36.7 Å². The van der Waals surface area contributed by atoms with Crippen molar-refractivity contribution in [2.45, 2.75) is 52.7 Å². The van der Waals surface area contributed by atoms with Crippen LogP contribution < -0.4 is 15.4 Å². The van der Waals surface area contributed by atoms with Gasteiger partial charge in [-0.05, 0) is 49.6 Å². The summed E-state index contributed by atoms with van der Waals surface area (Å²) >= 11 is 0. The van der Waals surface area contributed by atoms with Crippen molar-refractivity contribution in [1.29, 1.82) is 0 Å². The van der Waals surface area contributed by atoms with Crippen LogP contribution in [0.5, 0.6) is 6.01 Å². The lowest BCUT2D eigenvalue weighted by molar-refractivity contribution is 0.275. The van der Waals surface area contributed by atoms with Gasteiger partial charge in [0.2, 0.25) is 0 Å². The third-order valence-corrected chi connectivity index (χ3v) is 5.19. The van der Waals surface area contributed by atoms with E-state index in [-0.39, 0.29) is 18.3 Å². The molecule has 2 heterocycles. The van der Waals surface area contributed by atoms with E-state index in [1.807, 2.05) is 6.07 Å². The predicted octanol–water partition coefficient (Wildman–Crippen LogP) is 4.42. The van der Waals surface area contributed by atoms with Gasteiger partial charge in [0.1, 0.15) is 18.1 Å². The van der Waals surface area contributed by atoms with Crippen molar-refractivity contribution in [3.8, 4) is 11.7 Å². The average molecular weight is 460 g/mol. The molecule has 10 heteroatoms. The molecule has 3 rings (SSSR count). The number of ether oxygens (including phenoxy) is 1. The molecule has 0 radical (unpaired) electrons. The van der Waals surface area contributed by atoms with Gasteiger partial charge in [-0.3, -0.25) is 0 Å². The second kappa shape index (κ2) is 12.8. The first-order valence-electron chi connectivity index (χ1n) is 11.3. The summed E-state index contributed by atoms with van der Waals surface area (Å²) in [6.45, 7) is 5.38. The maximum absolute atomic E-state index is 13.7. The molecular weight excluding hydrogens is 428 g/mol. The van der Waals surface area contributed by atoms with E-state index in [0.717, 1.165) is 24.6 Å². The number of nitrogens with one attached hydrogen (secondary N) is 2. The van der Waals surface area contributed by atoms with E-state index in [0.29, 0.717) is 17.9 Å². The lowest BCUT2D eigenvalue weighted by Gasteiger charge is -2.10. The minimum absolute atomic E-state index is 0.0533. The Bertz CT molecular complexity index is 998. The lowest BCUT2D eigenvalue weighted by Crippen LogP contribution is -2.16. The Morgan fingerprint density at radius 3 is 2.88 bits per heavy atom. The van der Waals surface area contributed by atoms with Crippen molar-refractivity contribution in [2.75, 3.05) is 18.7 Å². The van der Waals surface area contributed by atoms with Gasteiger partial charge in [0, 0.05) is 12.7 Å². The molecule has 2 N–H and O–H groups in total. The van der Waals surface area contributed by atoms with Crippen LogP contribution >= 0.6 is 0 Å². The fourth-order valence-corrected chi connectivity index (χ4v) is 3.47. The van der Waals surface area contributed by atoms with Gasteiger partial charge in [0.25, 0.3) is 0 Å². The minimum atomic E-state index is -0.871. The van der Waals surface area contributed by atoms with Crippen LogP contribution in [-0.4, -0.2) is 38.3 Å². The van der Waals surface area contributed by atoms with E-state index >= 15 is 0 Å². The van der Waals surface area contributed by atoms with Gasteiger partial charge in [-0.1, -0.05) is 31.9 Å². The second-order valence-corrected chi connectivity index (χ2v) is 7.96. The number of alkyl halides is 1. The molecule has 0 amide bonds. The van der Waals surface area contributed by atoms with Crippen LogP contribution in [-0.2, 0) is 13.2 Å². The second-order valence-electron chi connectivity index (χ2n) is 7.96. The molecule has 0 saturated carbocycles. The van der Waals surface area contributed by atoms with Crippen LogP contribution in [0.4, 0.5) is 14.5 Å². The number of anilines is 1. The fourth-order valence-electron chi connectivity index (χ4n) is 3.47. The number of aromatic nitrogens is 5. The van der Waals surface area contributed by atoms with Gasteiger partial charge >= 0.3 is 6.01 Å². The van der Waals surface area contributed by atoms with Crippen LogP contribution in [0, 0.1) is 11.7 Å². The summed E-state index contributed by atoms with van der Waals surface area (Å²) in [6, 6.07) is 6.34. The standard InChI is InChI=1S/C23H31F2N7O/c1-3-5-17(2)6-4-10-26-13-18-9-11-27-23(29-18)33-15-19-14-32(31-30-19)20-7-8-21(25)22(12-20)28-16-24/h7-9,11-12,14,17,26,28H,3-6,10,13,15-16H2,1-2H3. The van der Waals surface area contributed by atoms with Crippen molar-refractivity contribution in [3.05, 3.63) is 53.9 Å². The molecule has 1 aromatic carbocycles. The summed E-state index contributed by atoms with van der Waals surface area (Å²) in [7, 11) is 0. The quantitative estimate of drug-likeness (QED) is 0.272. The van der Waals surface area contributed by atoms with E-state index in [1.54, 1.807) is 12.4 Å². The molecule has 2 aromatic heterocycles. The zero-order valence-electron chi connectivity index (χ0n) is 19.1. The molecule has 0 aliphatic heterocycles. The number of halogens is 2. The number of rotatable bonds is 14. The highest BCUT2D eigenvalue weighted by molar-refractivity contribution is 5.51. The SMILES string of the molecule is CCCC(C)CCCNCc1ccnc(OCc2cn(-c3ccc(F)c(NCF)c3)nn2)n1. The smallest absolute Gasteiger partial charge is 0.316 e. The topological polar surface area (TPSA) is 89.8 Å². The number of nitrogens with zero attached hydrogens (tertiary/aromatic N) is 5. The Morgan fingerprint density at radius 1 is 1.18 bits per heavy atom. The van der Waals surface area contributed by atoms with Crippen LogP contribution in [0.2, 0.25) is 0 Å². The monoisotopic (exact) mass is 459 g/mol. The first-order chi connectivity index (χ1) is 16.1. The van der Waals surface area contributed by atoms with Gasteiger partial charge in [0.05, 0.1) is 23.3 Å². The zero-order chi connectivity index (χ0) is 23.5. The van der Waals surface area contributed by atoms with Crippen molar-refractivity contribution in [2.24, 2.45) is 5.92 Å². The van der Waals surface area contributed by atoms with E-state index < -0.39 is 12.6 Å². The van der Waals surface area contributed by atoms with E-state index in [9.17, 15) is 8.78 Å². The highest BCUT2D eigenvalue weighted by atomic mass is 19.1. The van der Waals surface area contributed by atoms with Crippen LogP contribution in [0.1, 0.15) is 50.9 Å². The molecule has 33 heavy (non-hydrogen) atoms. The van der Waals surface area contributed by atoms with Crippen molar-refractivity contribution < 1.29 is 13.5 Å². The van der Waals surface area contributed by atoms with Gasteiger partial charge in [-0.25, -0.2) is 18.4 Å². The highest BCUT2D eigenvalue weighted by Gasteiger charge is 2.09. The van der Waals surface area contributed by atoms with Gasteiger partial charge in [0.15, 0.2) is 6.80 Å². The predicted molar refractivity (Wildman–Crippen MR) is 122 cm³/mol. The molecule has 1 unspecified atom stereocenters. The maximum atomic E-state index is 13.7. The molecule has 3 aromatic rings. The highest BCUT2D eigenvalue weighted by Crippen LogP contribution is 2.19. The van der Waals surface area contributed by atoms with Gasteiger partial charge < -0.3 is 15.4 Å². The first kappa shape index (κ1) is 24.5. The van der Waals surface area contributed by atoms with Crippen LogP contribution in [0.25, 0.3) is 5.69 Å². The summed E-state index contributed by atoms with van der Waals surface area (Å²) in [5.74, 6) is 0.225. The minimum Gasteiger partial charge on any atom is -0.457 e. The third kappa shape index (κ3) is 7.74.